The Hall–Kier alpha value is -4.98. The van der Waals surface area contributed by atoms with E-state index in [4.69, 9.17) is 0 Å². The van der Waals surface area contributed by atoms with E-state index >= 15 is 0 Å². The predicted molar refractivity (Wildman–Crippen MR) is 330 cm³/mol. The van der Waals surface area contributed by atoms with Crippen LogP contribution >= 0.6 is 0 Å². The molecule has 0 spiro atoms. The summed E-state index contributed by atoms with van der Waals surface area (Å²) in [5.41, 5.74) is 5.64. The molecule has 2 amide bonds. The fourth-order valence-electron chi connectivity index (χ4n) is 14.7. The van der Waals surface area contributed by atoms with E-state index in [1.54, 1.807) is 24.3 Å². The van der Waals surface area contributed by atoms with Gasteiger partial charge in [0.2, 0.25) is 11.8 Å². The summed E-state index contributed by atoms with van der Waals surface area (Å²) in [5, 5.41) is 7.41. The molecule has 0 bridgehead atoms. The molecule has 2 aromatic carbocycles. The maximum absolute atomic E-state index is 14.4. The Labute approximate surface area is 499 Å². The number of ketones is 1. The number of aromatic amines is 1. The smallest absolute Gasteiger partial charge is 0.251 e. The van der Waals surface area contributed by atoms with Crippen molar-refractivity contribution < 1.29 is 23.2 Å². The van der Waals surface area contributed by atoms with E-state index in [0.717, 1.165) is 125 Å². The standard InChI is InChI=1S/C67H97F2N11O4/c1-46-36-77(42-62(82)79-44-66(5,6)58-33-61(81)52(31-59(58)79)29-50-15-19-54(68)20-16-50)56(34-70-46)40-75-27-25-73(38-48(75)3)23-13-11-9-10-12-14-24-74-26-28-76(49(4)39-74)41-57-35-71-47(2)37-78(57)43-63(83)80-45-67(7,8)64-60(80)32-53(65(84)72-64)30-51-17-21-55(69)22-18-51/h15-22,31-32,46-49,56-57,70-71H,9-14,23-30,33-45H2,1-8H3,(H,72,84)/t46-,47-,48-,49-,56-,57-/m1/s1. The van der Waals surface area contributed by atoms with Gasteiger partial charge in [-0.1, -0.05) is 77.6 Å². The first-order valence-corrected chi connectivity index (χ1v) is 31.9. The number of allylic oxidation sites excluding steroid dienone is 2. The summed E-state index contributed by atoms with van der Waals surface area (Å²) in [4.78, 5) is 77.8. The van der Waals surface area contributed by atoms with Gasteiger partial charge in [-0.25, -0.2) is 8.78 Å². The average molecular weight is 1160 g/mol. The van der Waals surface area contributed by atoms with Crippen molar-refractivity contribution in [3.8, 4) is 0 Å². The Morgan fingerprint density at radius 2 is 1.08 bits per heavy atom. The number of hydrogen-bond donors (Lipinski definition) is 3. The van der Waals surface area contributed by atoms with Crippen LogP contribution in [0.1, 0.15) is 123 Å². The second kappa shape index (κ2) is 27.0. The average Bonchev–Trinajstić information content (AvgIpc) is 2.17. The number of benzene rings is 2. The molecule has 1 aliphatic carbocycles. The highest BCUT2D eigenvalue weighted by Gasteiger charge is 2.45. The van der Waals surface area contributed by atoms with Gasteiger partial charge in [0.05, 0.1) is 18.8 Å². The lowest BCUT2D eigenvalue weighted by Gasteiger charge is -2.46. The maximum atomic E-state index is 14.4. The fourth-order valence-corrected chi connectivity index (χ4v) is 14.7. The number of fused-ring (bicyclic) bond motifs is 1. The van der Waals surface area contributed by atoms with Crippen molar-refractivity contribution in [2.45, 2.75) is 155 Å². The van der Waals surface area contributed by atoms with Crippen molar-refractivity contribution in [2.24, 2.45) is 5.41 Å². The molecule has 15 nitrogen and oxygen atoms in total. The maximum Gasteiger partial charge on any atom is 0.251 e. The summed E-state index contributed by atoms with van der Waals surface area (Å²) in [5.74, 6) is -0.375. The first kappa shape index (κ1) is 62.1. The number of halogens is 2. The van der Waals surface area contributed by atoms with Crippen LogP contribution in [-0.2, 0) is 32.6 Å². The second-order valence-electron chi connectivity index (χ2n) is 27.5. The number of Topliss-reactive ketones (excluding diaryl/α,β-unsaturated/α-hetero) is 1. The number of pyridine rings is 1. The van der Waals surface area contributed by atoms with Crippen LogP contribution in [-0.4, -0.2) is 211 Å². The van der Waals surface area contributed by atoms with E-state index in [1.807, 2.05) is 21.9 Å². The molecule has 17 heteroatoms. The molecule has 10 rings (SSSR count). The summed E-state index contributed by atoms with van der Waals surface area (Å²) in [6.45, 7) is 33.1. The summed E-state index contributed by atoms with van der Waals surface area (Å²) in [6, 6.07) is 16.3. The number of amides is 2. The SMILES string of the molecule is C[C@@H]1CN(CC(=O)N2CC(C)(C)C3=C2C=C(Cc2ccc(F)cc2)C(=O)C3)[C@@H](CN2CCN(CCCCCCCCN3CCN(C[C@H]4CN[C@H](C)CN4CC(=O)N4CC(C)(C)c5[nH]c(=O)c(Cc6ccc(F)cc6)cc54)[C@H](C)C3)C[C@H]2C)CN1. The van der Waals surface area contributed by atoms with Crippen molar-refractivity contribution in [2.75, 3.05) is 123 Å². The van der Waals surface area contributed by atoms with Crippen LogP contribution in [0.25, 0.3) is 0 Å². The van der Waals surface area contributed by atoms with Crippen LogP contribution < -0.4 is 21.1 Å². The molecule has 458 valence electrons. The molecule has 0 unspecified atom stereocenters. The van der Waals surface area contributed by atoms with Gasteiger partial charge in [-0.3, -0.25) is 38.8 Å². The predicted octanol–water partition coefficient (Wildman–Crippen LogP) is 6.81. The molecule has 6 atom stereocenters. The molecule has 4 saturated heterocycles. The summed E-state index contributed by atoms with van der Waals surface area (Å²) in [7, 11) is 0. The van der Waals surface area contributed by atoms with Crippen LogP contribution in [0.2, 0.25) is 0 Å². The van der Waals surface area contributed by atoms with Crippen LogP contribution in [0.5, 0.6) is 0 Å². The molecule has 0 radical (unpaired) electrons. The number of carbonyl (C=O) groups is 3. The van der Waals surface area contributed by atoms with Crippen LogP contribution in [0, 0.1) is 17.0 Å². The normalized spacial score (nSPS) is 26.5. The first-order valence-electron chi connectivity index (χ1n) is 31.9. The molecule has 0 saturated carbocycles. The molecule has 3 N–H and O–H groups in total. The number of carbonyl (C=O) groups excluding carboxylic acids is 3. The Bertz CT molecular complexity index is 2930. The minimum Gasteiger partial charge on any atom is -0.323 e. The van der Waals surface area contributed by atoms with E-state index in [9.17, 15) is 28.0 Å². The third-order valence-corrected chi connectivity index (χ3v) is 19.7. The zero-order valence-corrected chi connectivity index (χ0v) is 51.8. The highest BCUT2D eigenvalue weighted by Crippen LogP contribution is 2.45. The van der Waals surface area contributed by atoms with Gasteiger partial charge in [-0.2, -0.15) is 0 Å². The van der Waals surface area contributed by atoms with Crippen LogP contribution in [0.15, 0.2) is 82.3 Å². The van der Waals surface area contributed by atoms with Crippen LogP contribution in [0.3, 0.4) is 0 Å². The highest BCUT2D eigenvalue weighted by atomic mass is 19.1. The molecular weight excluding hydrogens is 1060 g/mol. The third kappa shape index (κ3) is 15.0. The van der Waals surface area contributed by atoms with Gasteiger partial charge >= 0.3 is 0 Å². The van der Waals surface area contributed by atoms with Crippen molar-refractivity contribution in [1.82, 2.24) is 49.9 Å². The van der Waals surface area contributed by atoms with E-state index in [2.05, 4.69) is 100 Å². The number of aromatic nitrogens is 1. The number of nitrogens with one attached hydrogen (secondary N) is 3. The highest BCUT2D eigenvalue weighted by molar-refractivity contribution is 6.00. The summed E-state index contributed by atoms with van der Waals surface area (Å²) < 4.78 is 27.3. The van der Waals surface area contributed by atoms with Crippen molar-refractivity contribution >= 4 is 23.3 Å². The number of nitrogens with zero attached hydrogens (tertiary/aromatic N) is 8. The van der Waals surface area contributed by atoms with E-state index in [0.29, 0.717) is 74.7 Å². The summed E-state index contributed by atoms with van der Waals surface area (Å²) in [6.07, 6.45) is 10.6. The number of piperazine rings is 4. The molecule has 6 aliphatic heterocycles. The van der Waals surface area contributed by atoms with Gasteiger partial charge in [-0.05, 0) is 107 Å². The minimum absolute atomic E-state index is 0.0539. The second-order valence-corrected chi connectivity index (χ2v) is 27.5. The van der Waals surface area contributed by atoms with Crippen molar-refractivity contribution in [3.05, 3.63) is 122 Å². The monoisotopic (exact) mass is 1160 g/mol. The number of rotatable bonds is 21. The molecule has 4 fully saturated rings. The molecule has 7 heterocycles. The van der Waals surface area contributed by atoms with E-state index < -0.39 is 5.41 Å². The van der Waals surface area contributed by atoms with Gasteiger partial charge in [0, 0.05) is 180 Å². The lowest BCUT2D eigenvalue weighted by Crippen LogP contribution is -2.63. The number of unbranched alkanes of at least 4 members (excludes halogenated alkanes) is 5. The summed E-state index contributed by atoms with van der Waals surface area (Å²) >= 11 is 0. The van der Waals surface area contributed by atoms with Gasteiger partial charge in [0.1, 0.15) is 11.6 Å². The Morgan fingerprint density at radius 3 is 1.61 bits per heavy atom. The number of H-pyrrole nitrogens is 1. The van der Waals surface area contributed by atoms with E-state index in [1.165, 1.54) is 62.8 Å². The Morgan fingerprint density at radius 1 is 0.595 bits per heavy atom. The Kier molecular flexibility index (Phi) is 19.9. The Balaban J connectivity index is 0.613. The number of anilines is 1. The van der Waals surface area contributed by atoms with Gasteiger partial charge in [0.25, 0.3) is 5.56 Å². The van der Waals surface area contributed by atoms with Gasteiger partial charge in [0.15, 0.2) is 5.78 Å². The van der Waals surface area contributed by atoms with Gasteiger partial charge in [-0.15, -0.1) is 0 Å². The van der Waals surface area contributed by atoms with E-state index in [-0.39, 0.29) is 58.3 Å². The third-order valence-electron chi connectivity index (χ3n) is 19.7. The minimum atomic E-state index is -0.396. The number of hydrogen-bond acceptors (Lipinski definition) is 12. The van der Waals surface area contributed by atoms with Crippen molar-refractivity contribution in [1.29, 1.82) is 0 Å². The first-order chi connectivity index (χ1) is 40.2. The lowest BCUT2D eigenvalue weighted by molar-refractivity contribution is -0.131. The lowest BCUT2D eigenvalue weighted by atomic mass is 9.79. The largest absolute Gasteiger partial charge is 0.323 e. The molecular formula is C67H97F2N11O4. The zero-order chi connectivity index (χ0) is 59.5. The molecule has 1 aromatic heterocycles. The molecule has 3 aromatic rings. The van der Waals surface area contributed by atoms with Crippen LogP contribution in [0.4, 0.5) is 14.5 Å². The van der Waals surface area contributed by atoms with Crippen molar-refractivity contribution in [3.63, 3.8) is 0 Å². The quantitative estimate of drug-likeness (QED) is 0.0969. The topological polar surface area (TPSA) is 134 Å². The zero-order valence-electron chi connectivity index (χ0n) is 51.8. The van der Waals surface area contributed by atoms with Gasteiger partial charge < -0.3 is 35.2 Å². The fraction of sp³-hybridized carbons (Fsp3) is 0.642. The molecule has 84 heavy (non-hydrogen) atoms. The molecule has 7 aliphatic rings.